The van der Waals surface area contributed by atoms with Crippen molar-refractivity contribution in [1.82, 2.24) is 4.98 Å². The van der Waals surface area contributed by atoms with Gasteiger partial charge in [0.2, 0.25) is 0 Å². The molecule has 0 aliphatic rings. The van der Waals surface area contributed by atoms with Crippen LogP contribution in [0, 0.1) is 0 Å². The second-order valence-electron chi connectivity index (χ2n) is 3.68. The van der Waals surface area contributed by atoms with Crippen LogP contribution >= 0.6 is 11.6 Å². The van der Waals surface area contributed by atoms with Crippen molar-refractivity contribution in [3.8, 4) is 5.75 Å². The second-order valence-corrected chi connectivity index (χ2v) is 4.09. The smallest absolute Gasteiger partial charge is 0.387 e. The summed E-state index contributed by atoms with van der Waals surface area (Å²) in [5, 5.41) is 0.172. The van der Waals surface area contributed by atoms with E-state index < -0.39 is 6.61 Å². The second kappa shape index (κ2) is 5.78. The molecule has 1 aromatic heterocycles. The van der Waals surface area contributed by atoms with E-state index in [2.05, 4.69) is 9.72 Å². The van der Waals surface area contributed by atoms with Crippen molar-refractivity contribution < 1.29 is 13.5 Å². The van der Waals surface area contributed by atoms with Crippen molar-refractivity contribution in [3.05, 3.63) is 58.9 Å². The fourth-order valence-corrected chi connectivity index (χ4v) is 1.74. The Bertz CT molecular complexity index is 520. The fourth-order valence-electron chi connectivity index (χ4n) is 1.58. The van der Waals surface area contributed by atoms with E-state index in [0.29, 0.717) is 6.42 Å². The molecule has 0 spiro atoms. The Morgan fingerprint density at radius 1 is 1.22 bits per heavy atom. The first kappa shape index (κ1) is 12.8. The van der Waals surface area contributed by atoms with Gasteiger partial charge in [-0.2, -0.15) is 8.78 Å². The first-order valence-corrected chi connectivity index (χ1v) is 5.65. The van der Waals surface area contributed by atoms with Crippen LogP contribution in [-0.4, -0.2) is 11.6 Å². The van der Waals surface area contributed by atoms with Gasteiger partial charge in [-0.1, -0.05) is 23.7 Å². The highest BCUT2D eigenvalue weighted by molar-refractivity contribution is 6.32. The summed E-state index contributed by atoms with van der Waals surface area (Å²) in [5.74, 6) is -0.00643. The summed E-state index contributed by atoms with van der Waals surface area (Å²) < 4.78 is 28.7. The number of alkyl halides is 2. The Labute approximate surface area is 108 Å². The molecule has 18 heavy (non-hydrogen) atoms. The van der Waals surface area contributed by atoms with Gasteiger partial charge in [-0.05, 0) is 35.7 Å². The number of hydrogen-bond donors (Lipinski definition) is 0. The highest BCUT2D eigenvalue weighted by Crippen LogP contribution is 2.27. The SMILES string of the molecule is FC(F)Oc1cc(Cc2cccnc2)ccc1Cl. The molecule has 0 amide bonds. The van der Waals surface area contributed by atoms with Crippen molar-refractivity contribution in [3.63, 3.8) is 0 Å². The van der Waals surface area contributed by atoms with E-state index in [9.17, 15) is 8.78 Å². The van der Waals surface area contributed by atoms with Gasteiger partial charge in [-0.25, -0.2) is 0 Å². The van der Waals surface area contributed by atoms with Gasteiger partial charge in [0.1, 0.15) is 5.75 Å². The summed E-state index contributed by atoms with van der Waals surface area (Å²) in [7, 11) is 0. The number of rotatable bonds is 4. The van der Waals surface area contributed by atoms with E-state index in [-0.39, 0.29) is 10.8 Å². The Hall–Kier alpha value is -1.68. The molecule has 0 aliphatic heterocycles. The van der Waals surface area contributed by atoms with Gasteiger partial charge in [0.15, 0.2) is 0 Å². The molecule has 0 fully saturated rings. The number of halogens is 3. The zero-order valence-corrected chi connectivity index (χ0v) is 10.1. The Morgan fingerprint density at radius 3 is 2.72 bits per heavy atom. The van der Waals surface area contributed by atoms with Crippen LogP contribution in [0.4, 0.5) is 8.78 Å². The van der Waals surface area contributed by atoms with Crippen molar-refractivity contribution in [2.75, 3.05) is 0 Å². The molecule has 5 heteroatoms. The lowest BCUT2D eigenvalue weighted by atomic mass is 10.1. The molecular formula is C13H10ClF2NO. The number of pyridine rings is 1. The first-order valence-electron chi connectivity index (χ1n) is 5.27. The number of ether oxygens (including phenoxy) is 1. The molecule has 0 radical (unpaired) electrons. The first-order chi connectivity index (χ1) is 8.65. The molecule has 2 rings (SSSR count). The quantitative estimate of drug-likeness (QED) is 0.839. The van der Waals surface area contributed by atoms with Crippen molar-refractivity contribution >= 4 is 11.6 Å². The third kappa shape index (κ3) is 3.40. The van der Waals surface area contributed by atoms with Crippen molar-refractivity contribution in [2.24, 2.45) is 0 Å². The third-order valence-corrected chi connectivity index (χ3v) is 2.65. The molecule has 0 saturated heterocycles. The predicted octanol–water partition coefficient (Wildman–Crippen LogP) is 3.93. The highest BCUT2D eigenvalue weighted by Gasteiger charge is 2.09. The third-order valence-electron chi connectivity index (χ3n) is 2.34. The van der Waals surface area contributed by atoms with Gasteiger partial charge in [-0.15, -0.1) is 0 Å². The van der Waals surface area contributed by atoms with E-state index in [4.69, 9.17) is 11.6 Å². The summed E-state index contributed by atoms with van der Waals surface area (Å²) in [4.78, 5) is 3.99. The van der Waals surface area contributed by atoms with Crippen LogP contribution < -0.4 is 4.74 Å². The number of benzene rings is 1. The van der Waals surface area contributed by atoms with E-state index >= 15 is 0 Å². The van der Waals surface area contributed by atoms with Crippen LogP contribution in [-0.2, 0) is 6.42 Å². The topological polar surface area (TPSA) is 22.1 Å². The summed E-state index contributed by atoms with van der Waals surface area (Å²) in [6.45, 7) is -2.88. The van der Waals surface area contributed by atoms with E-state index in [1.807, 2.05) is 12.1 Å². The zero-order valence-electron chi connectivity index (χ0n) is 9.32. The van der Waals surface area contributed by atoms with Crippen LogP contribution in [0.1, 0.15) is 11.1 Å². The Balaban J connectivity index is 2.19. The standard InChI is InChI=1S/C13H10ClF2NO/c14-11-4-3-9(7-12(11)18-13(15)16)6-10-2-1-5-17-8-10/h1-5,7-8,13H,6H2. The Kier molecular flexibility index (Phi) is 4.10. The van der Waals surface area contributed by atoms with Gasteiger partial charge in [-0.3, -0.25) is 4.98 Å². The monoisotopic (exact) mass is 269 g/mol. The van der Waals surface area contributed by atoms with Gasteiger partial charge in [0.25, 0.3) is 0 Å². The number of hydrogen-bond acceptors (Lipinski definition) is 2. The predicted molar refractivity (Wildman–Crippen MR) is 65.1 cm³/mol. The average Bonchev–Trinajstić information content (AvgIpc) is 2.34. The molecule has 1 heterocycles. The summed E-state index contributed by atoms with van der Waals surface area (Å²) in [6.07, 6.45) is 3.99. The minimum atomic E-state index is -2.88. The van der Waals surface area contributed by atoms with Crippen LogP contribution in [0.3, 0.4) is 0 Å². The van der Waals surface area contributed by atoms with Gasteiger partial charge in [0, 0.05) is 12.4 Å². The molecule has 2 aromatic rings. The largest absolute Gasteiger partial charge is 0.433 e. The Morgan fingerprint density at radius 2 is 2.06 bits per heavy atom. The molecule has 0 unspecified atom stereocenters. The van der Waals surface area contributed by atoms with Gasteiger partial charge < -0.3 is 4.74 Å². The molecule has 2 nitrogen and oxygen atoms in total. The maximum Gasteiger partial charge on any atom is 0.387 e. The molecular weight excluding hydrogens is 260 g/mol. The molecule has 0 aliphatic carbocycles. The lowest BCUT2D eigenvalue weighted by Gasteiger charge is -2.09. The van der Waals surface area contributed by atoms with Gasteiger partial charge >= 0.3 is 6.61 Å². The molecule has 94 valence electrons. The van der Waals surface area contributed by atoms with Gasteiger partial charge in [0.05, 0.1) is 5.02 Å². The average molecular weight is 270 g/mol. The van der Waals surface area contributed by atoms with Crippen LogP contribution in [0.15, 0.2) is 42.7 Å². The van der Waals surface area contributed by atoms with Crippen LogP contribution in [0.5, 0.6) is 5.75 Å². The molecule has 0 saturated carbocycles. The molecule has 0 N–H and O–H groups in total. The molecule has 0 atom stereocenters. The fraction of sp³-hybridized carbons (Fsp3) is 0.154. The lowest BCUT2D eigenvalue weighted by molar-refractivity contribution is -0.0498. The van der Waals surface area contributed by atoms with Crippen molar-refractivity contribution in [1.29, 1.82) is 0 Å². The van der Waals surface area contributed by atoms with E-state index in [1.54, 1.807) is 24.5 Å². The summed E-state index contributed by atoms with van der Waals surface area (Å²) in [5.41, 5.74) is 1.82. The van der Waals surface area contributed by atoms with Crippen LogP contribution in [0.2, 0.25) is 5.02 Å². The number of nitrogens with zero attached hydrogens (tertiary/aromatic N) is 1. The summed E-state index contributed by atoms with van der Waals surface area (Å²) >= 11 is 5.77. The van der Waals surface area contributed by atoms with Crippen molar-refractivity contribution in [2.45, 2.75) is 13.0 Å². The minimum absolute atomic E-state index is 0.00643. The lowest BCUT2D eigenvalue weighted by Crippen LogP contribution is -2.03. The van der Waals surface area contributed by atoms with E-state index in [1.165, 1.54) is 6.07 Å². The number of aromatic nitrogens is 1. The maximum absolute atomic E-state index is 12.2. The van der Waals surface area contributed by atoms with E-state index in [0.717, 1.165) is 11.1 Å². The highest BCUT2D eigenvalue weighted by atomic mass is 35.5. The van der Waals surface area contributed by atoms with Crippen LogP contribution in [0.25, 0.3) is 0 Å². The zero-order chi connectivity index (χ0) is 13.0. The summed E-state index contributed by atoms with van der Waals surface area (Å²) in [6, 6.07) is 8.57. The maximum atomic E-state index is 12.2. The molecule has 1 aromatic carbocycles. The molecule has 0 bridgehead atoms. The minimum Gasteiger partial charge on any atom is -0.433 e. The normalized spacial score (nSPS) is 10.7.